The second kappa shape index (κ2) is 7.06. The zero-order valence-corrected chi connectivity index (χ0v) is 14.2. The van der Waals surface area contributed by atoms with Crippen molar-refractivity contribution in [3.05, 3.63) is 44.9 Å². The first-order valence-corrected chi connectivity index (χ1v) is 8.24. The van der Waals surface area contributed by atoms with Gasteiger partial charge in [-0.15, -0.1) is 0 Å². The molecule has 0 aromatic carbocycles. The van der Waals surface area contributed by atoms with Crippen LogP contribution in [0.1, 0.15) is 36.4 Å². The zero-order chi connectivity index (χ0) is 18.9. The molecule has 0 bridgehead atoms. The van der Waals surface area contributed by atoms with Crippen LogP contribution in [0.2, 0.25) is 0 Å². The molecule has 1 aromatic rings. The Balaban J connectivity index is 1.78. The number of hydrogen-bond acceptors (Lipinski definition) is 7. The predicted molar refractivity (Wildman–Crippen MR) is 88.5 cm³/mol. The maximum atomic E-state index is 12.4. The lowest BCUT2D eigenvalue weighted by atomic mass is 10.0. The van der Waals surface area contributed by atoms with Crippen molar-refractivity contribution in [1.82, 2.24) is 14.9 Å². The van der Waals surface area contributed by atoms with Crippen molar-refractivity contribution in [1.29, 1.82) is 0 Å². The van der Waals surface area contributed by atoms with Crippen LogP contribution in [-0.2, 0) is 9.47 Å². The Morgan fingerprint density at radius 2 is 2.27 bits per heavy atom. The number of carbonyl (C=O) groups excluding carboxylic acids is 1. The van der Waals surface area contributed by atoms with Gasteiger partial charge >= 0.3 is 5.69 Å². The Hall–Kier alpha value is -2.43. The van der Waals surface area contributed by atoms with E-state index in [1.807, 2.05) is 13.0 Å². The molecule has 10 heteroatoms. The molecule has 0 unspecified atom stereocenters. The van der Waals surface area contributed by atoms with Gasteiger partial charge in [-0.1, -0.05) is 0 Å². The van der Waals surface area contributed by atoms with Crippen LogP contribution in [0.4, 0.5) is 0 Å². The molecule has 0 saturated carbocycles. The Morgan fingerprint density at radius 1 is 1.50 bits per heavy atom. The lowest BCUT2D eigenvalue weighted by Gasteiger charge is -2.24. The molecule has 0 radical (unpaired) electrons. The lowest BCUT2D eigenvalue weighted by Crippen LogP contribution is -2.43. The highest BCUT2D eigenvalue weighted by molar-refractivity contribution is 5.93. The summed E-state index contributed by atoms with van der Waals surface area (Å²) in [5.74, 6) is -0.658. The number of hydrogen-bond donors (Lipinski definition) is 4. The van der Waals surface area contributed by atoms with Gasteiger partial charge in [-0.3, -0.25) is 19.1 Å². The van der Waals surface area contributed by atoms with Gasteiger partial charge in [0.2, 0.25) is 0 Å². The van der Waals surface area contributed by atoms with E-state index in [0.717, 1.165) is 10.8 Å². The second-order valence-electron chi connectivity index (χ2n) is 6.65. The standard InChI is InChI=1S/C16H21N3O7/c1-16(3-2-4-25-16)8-17-13(22)9-6-19(15(24)18-14(9)23)12-5-10(21)11(7-20)26-12/h2,4,6,10-12,20-21H,3,5,7-8H2,1H3,(H,17,22)(H,18,23,24)/t10-,11+,12+,16-/m0/s1. The summed E-state index contributed by atoms with van der Waals surface area (Å²) in [5, 5.41) is 21.6. The Bertz CT molecular complexity index is 820. The van der Waals surface area contributed by atoms with Gasteiger partial charge in [0.25, 0.3) is 11.5 Å². The third-order valence-electron chi connectivity index (χ3n) is 4.53. The van der Waals surface area contributed by atoms with E-state index >= 15 is 0 Å². The first-order chi connectivity index (χ1) is 12.3. The summed E-state index contributed by atoms with van der Waals surface area (Å²) in [4.78, 5) is 38.5. The zero-order valence-electron chi connectivity index (χ0n) is 14.2. The second-order valence-corrected chi connectivity index (χ2v) is 6.65. The number of amides is 1. The summed E-state index contributed by atoms with van der Waals surface area (Å²) < 4.78 is 11.8. The highest BCUT2D eigenvalue weighted by Gasteiger charge is 2.35. The van der Waals surface area contributed by atoms with Gasteiger partial charge in [-0.05, 0) is 13.0 Å². The maximum Gasteiger partial charge on any atom is 0.330 e. The van der Waals surface area contributed by atoms with Crippen molar-refractivity contribution in [2.24, 2.45) is 0 Å². The topological polar surface area (TPSA) is 143 Å². The summed E-state index contributed by atoms with van der Waals surface area (Å²) in [6.07, 6.45) is 2.49. The molecule has 26 heavy (non-hydrogen) atoms. The molecule has 1 amide bonds. The highest BCUT2D eigenvalue weighted by atomic mass is 16.5. The van der Waals surface area contributed by atoms with Crippen molar-refractivity contribution in [3.63, 3.8) is 0 Å². The van der Waals surface area contributed by atoms with E-state index in [0.29, 0.717) is 6.42 Å². The van der Waals surface area contributed by atoms with Gasteiger partial charge in [0.05, 0.1) is 25.5 Å². The maximum absolute atomic E-state index is 12.4. The number of nitrogens with one attached hydrogen (secondary N) is 2. The van der Waals surface area contributed by atoms with E-state index < -0.39 is 47.8 Å². The average molecular weight is 367 g/mol. The molecule has 142 valence electrons. The van der Waals surface area contributed by atoms with Gasteiger partial charge in [0, 0.05) is 19.0 Å². The minimum Gasteiger partial charge on any atom is -0.493 e. The molecule has 1 aromatic heterocycles. The van der Waals surface area contributed by atoms with Crippen LogP contribution >= 0.6 is 0 Å². The molecular weight excluding hydrogens is 346 g/mol. The number of ether oxygens (including phenoxy) is 2. The van der Waals surface area contributed by atoms with E-state index in [9.17, 15) is 19.5 Å². The predicted octanol–water partition coefficient (Wildman–Crippen LogP) is -1.40. The lowest BCUT2D eigenvalue weighted by molar-refractivity contribution is -0.0459. The molecule has 10 nitrogen and oxygen atoms in total. The van der Waals surface area contributed by atoms with Crippen LogP contribution in [-0.4, -0.2) is 56.6 Å². The van der Waals surface area contributed by atoms with Gasteiger partial charge in [0.1, 0.15) is 23.5 Å². The molecule has 0 spiro atoms. The Morgan fingerprint density at radius 3 is 2.88 bits per heavy atom. The fraction of sp³-hybridized carbons (Fsp3) is 0.562. The van der Waals surface area contributed by atoms with Crippen molar-refractivity contribution >= 4 is 5.91 Å². The quantitative estimate of drug-likeness (QED) is 0.501. The largest absolute Gasteiger partial charge is 0.493 e. The van der Waals surface area contributed by atoms with Gasteiger partial charge in [0.15, 0.2) is 0 Å². The summed E-state index contributed by atoms with van der Waals surface area (Å²) in [6.45, 7) is 1.60. The van der Waals surface area contributed by atoms with Crippen molar-refractivity contribution in [3.8, 4) is 0 Å². The first kappa shape index (κ1) is 18.4. The number of aliphatic hydroxyl groups excluding tert-OH is 2. The minimum absolute atomic E-state index is 0.0514. The number of aliphatic hydroxyl groups is 2. The Labute approximate surface area is 148 Å². The fourth-order valence-corrected chi connectivity index (χ4v) is 2.95. The van der Waals surface area contributed by atoms with Crippen molar-refractivity contribution in [2.75, 3.05) is 13.2 Å². The van der Waals surface area contributed by atoms with Crippen LogP contribution in [0, 0.1) is 0 Å². The molecule has 4 N–H and O–H groups in total. The van der Waals surface area contributed by atoms with Gasteiger partial charge in [-0.25, -0.2) is 4.79 Å². The summed E-state index contributed by atoms with van der Waals surface area (Å²) in [5.41, 5.74) is -2.43. The summed E-state index contributed by atoms with van der Waals surface area (Å²) >= 11 is 0. The summed E-state index contributed by atoms with van der Waals surface area (Å²) in [7, 11) is 0. The Kier molecular flexibility index (Phi) is 4.99. The average Bonchev–Trinajstić information content (AvgIpc) is 3.19. The van der Waals surface area contributed by atoms with Gasteiger partial charge < -0.3 is 25.0 Å². The van der Waals surface area contributed by atoms with E-state index in [2.05, 4.69) is 10.3 Å². The van der Waals surface area contributed by atoms with Crippen LogP contribution in [0.5, 0.6) is 0 Å². The minimum atomic E-state index is -0.951. The highest BCUT2D eigenvalue weighted by Crippen LogP contribution is 2.27. The van der Waals surface area contributed by atoms with E-state index in [1.165, 1.54) is 0 Å². The molecule has 2 aliphatic heterocycles. The number of aromatic amines is 1. The molecule has 3 rings (SSSR count). The number of H-pyrrole nitrogens is 1. The summed E-state index contributed by atoms with van der Waals surface area (Å²) in [6, 6.07) is 0. The molecule has 2 aliphatic rings. The number of aromatic nitrogens is 2. The number of carbonyl (C=O) groups is 1. The molecule has 4 atom stereocenters. The molecule has 1 fully saturated rings. The molecule has 1 saturated heterocycles. The number of nitrogens with zero attached hydrogens (tertiary/aromatic N) is 1. The van der Waals surface area contributed by atoms with Crippen LogP contribution in [0.15, 0.2) is 28.1 Å². The van der Waals surface area contributed by atoms with Crippen LogP contribution in [0.3, 0.4) is 0 Å². The third kappa shape index (κ3) is 3.57. The SMILES string of the molecule is C[C@@]1(CNC(=O)c2cn([C@H]3C[C@H](O)[C@@H](CO)O3)c(=O)[nH]c2=O)CC=CO1. The van der Waals surface area contributed by atoms with E-state index in [1.54, 1.807) is 6.26 Å². The smallest absolute Gasteiger partial charge is 0.330 e. The molecule has 3 heterocycles. The van der Waals surface area contributed by atoms with Crippen molar-refractivity contribution < 1.29 is 24.5 Å². The van der Waals surface area contributed by atoms with Crippen molar-refractivity contribution in [2.45, 2.75) is 43.8 Å². The monoisotopic (exact) mass is 367 g/mol. The van der Waals surface area contributed by atoms with E-state index in [-0.39, 0.29) is 18.5 Å². The van der Waals surface area contributed by atoms with Gasteiger partial charge in [-0.2, -0.15) is 0 Å². The first-order valence-electron chi connectivity index (χ1n) is 8.24. The molecular formula is C16H21N3O7. The third-order valence-corrected chi connectivity index (χ3v) is 4.53. The van der Waals surface area contributed by atoms with E-state index in [4.69, 9.17) is 14.6 Å². The number of rotatable bonds is 5. The van der Waals surface area contributed by atoms with Crippen LogP contribution in [0.25, 0.3) is 0 Å². The molecule has 0 aliphatic carbocycles. The normalized spacial score (nSPS) is 30.3. The van der Waals surface area contributed by atoms with Crippen LogP contribution < -0.4 is 16.6 Å². The fourth-order valence-electron chi connectivity index (χ4n) is 2.95.